The molecule has 0 aliphatic carbocycles. The van der Waals surface area contributed by atoms with Crippen LogP contribution in [0.25, 0.3) is 0 Å². The molecular formula is C18H27BrN2O4S. The molecule has 1 saturated heterocycles. The Bertz CT molecular complexity index is 746. The van der Waals surface area contributed by atoms with E-state index in [9.17, 15) is 13.2 Å². The molecule has 1 heterocycles. The molecule has 1 aromatic carbocycles. The molecular weight excluding hydrogens is 420 g/mol. The summed E-state index contributed by atoms with van der Waals surface area (Å²) in [6, 6.07) is 6.72. The summed E-state index contributed by atoms with van der Waals surface area (Å²) in [5.74, 6) is 0. The molecule has 0 saturated carbocycles. The van der Waals surface area contributed by atoms with E-state index in [1.54, 1.807) is 25.2 Å². The highest BCUT2D eigenvalue weighted by molar-refractivity contribution is 9.08. The summed E-state index contributed by atoms with van der Waals surface area (Å²) in [4.78, 5) is 14.1. The first-order chi connectivity index (χ1) is 12.0. The zero-order chi connectivity index (χ0) is 19.5. The third-order valence-corrected chi connectivity index (χ3v) is 6.79. The minimum atomic E-state index is -3.59. The van der Waals surface area contributed by atoms with Crippen LogP contribution in [-0.4, -0.2) is 55.5 Å². The van der Waals surface area contributed by atoms with Crippen molar-refractivity contribution in [3.05, 3.63) is 29.8 Å². The van der Waals surface area contributed by atoms with Gasteiger partial charge in [-0.15, -0.1) is 0 Å². The maximum absolute atomic E-state index is 13.0. The van der Waals surface area contributed by atoms with E-state index >= 15 is 0 Å². The zero-order valence-electron chi connectivity index (χ0n) is 15.7. The summed E-state index contributed by atoms with van der Waals surface area (Å²) in [5.41, 5.74) is 0.326. The Hall–Kier alpha value is -1.12. The summed E-state index contributed by atoms with van der Waals surface area (Å²) in [5, 5.41) is 0.598. The molecule has 1 unspecified atom stereocenters. The van der Waals surface area contributed by atoms with E-state index in [2.05, 4.69) is 15.9 Å². The standard InChI is InChI=1S/C18H27BrN2O4S/c1-18(2,3)25-17(22)20(4)15-8-6-10-21(13-15)26(23,24)16-9-5-7-14(11-16)12-19/h5,7,9,11,15H,6,8,10,12-13H2,1-4H3. The second-order valence-electron chi connectivity index (χ2n) is 7.53. The van der Waals surface area contributed by atoms with Gasteiger partial charge in [0.25, 0.3) is 0 Å². The fourth-order valence-electron chi connectivity index (χ4n) is 2.88. The summed E-state index contributed by atoms with van der Waals surface area (Å²) in [6.45, 7) is 6.17. The quantitative estimate of drug-likeness (QED) is 0.662. The van der Waals surface area contributed by atoms with Crippen LogP contribution in [-0.2, 0) is 20.1 Å². The molecule has 0 bridgehead atoms. The third-order valence-electron chi connectivity index (χ3n) is 4.28. The van der Waals surface area contributed by atoms with Crippen molar-refractivity contribution in [2.24, 2.45) is 0 Å². The Morgan fingerprint density at radius 3 is 2.69 bits per heavy atom. The van der Waals surface area contributed by atoms with Crippen LogP contribution >= 0.6 is 15.9 Å². The van der Waals surface area contributed by atoms with E-state index in [4.69, 9.17) is 4.74 Å². The van der Waals surface area contributed by atoms with E-state index in [0.717, 1.165) is 12.0 Å². The number of rotatable bonds is 4. The second kappa shape index (κ2) is 8.27. The topological polar surface area (TPSA) is 66.9 Å². The number of sulfonamides is 1. The molecule has 6 nitrogen and oxygen atoms in total. The minimum Gasteiger partial charge on any atom is -0.444 e. The highest BCUT2D eigenvalue weighted by atomic mass is 79.9. The van der Waals surface area contributed by atoms with Crippen molar-refractivity contribution < 1.29 is 17.9 Å². The smallest absolute Gasteiger partial charge is 0.410 e. The number of ether oxygens (including phenoxy) is 1. The number of alkyl halides is 1. The first-order valence-electron chi connectivity index (χ1n) is 8.65. The first-order valence-corrected chi connectivity index (χ1v) is 11.2. The van der Waals surface area contributed by atoms with Crippen molar-refractivity contribution in [2.45, 2.75) is 55.5 Å². The maximum atomic E-state index is 13.0. The number of piperidine rings is 1. The Morgan fingerprint density at radius 1 is 1.38 bits per heavy atom. The molecule has 8 heteroatoms. The Kier molecular flexibility index (Phi) is 6.74. The molecule has 0 radical (unpaired) electrons. The van der Waals surface area contributed by atoms with Crippen LogP contribution in [0.2, 0.25) is 0 Å². The Balaban J connectivity index is 2.15. The number of halogens is 1. The molecule has 1 amide bonds. The van der Waals surface area contributed by atoms with Crippen molar-refractivity contribution in [3.8, 4) is 0 Å². The van der Waals surface area contributed by atoms with Gasteiger partial charge in [-0.05, 0) is 51.3 Å². The van der Waals surface area contributed by atoms with Gasteiger partial charge in [0.05, 0.1) is 4.90 Å². The molecule has 146 valence electrons. The molecule has 1 aliphatic rings. The van der Waals surface area contributed by atoms with E-state index in [1.165, 1.54) is 9.21 Å². The van der Waals surface area contributed by atoms with E-state index < -0.39 is 21.7 Å². The van der Waals surface area contributed by atoms with Gasteiger partial charge in [0.2, 0.25) is 10.0 Å². The van der Waals surface area contributed by atoms with Gasteiger partial charge < -0.3 is 9.64 Å². The zero-order valence-corrected chi connectivity index (χ0v) is 18.1. The number of amides is 1. The number of likely N-dealkylation sites (N-methyl/N-ethyl adjacent to an activating group) is 1. The van der Waals surface area contributed by atoms with Crippen LogP contribution in [0.4, 0.5) is 4.79 Å². The average molecular weight is 447 g/mol. The Labute approximate surface area is 164 Å². The summed E-state index contributed by atoms with van der Waals surface area (Å²) in [7, 11) is -1.92. The van der Waals surface area contributed by atoms with Crippen LogP contribution in [0.5, 0.6) is 0 Å². The molecule has 0 spiro atoms. The number of nitrogens with zero attached hydrogens (tertiary/aromatic N) is 2. The van der Waals surface area contributed by atoms with Gasteiger partial charge in [-0.2, -0.15) is 4.31 Å². The monoisotopic (exact) mass is 446 g/mol. The molecule has 1 atom stereocenters. The van der Waals surface area contributed by atoms with Crippen molar-refractivity contribution in [3.63, 3.8) is 0 Å². The SMILES string of the molecule is CN(C(=O)OC(C)(C)C)C1CCCN(S(=O)(=O)c2cccc(CBr)c2)C1. The lowest BCUT2D eigenvalue weighted by molar-refractivity contribution is 0.0173. The number of carbonyl (C=O) groups is 1. The summed E-state index contributed by atoms with van der Waals surface area (Å²) < 4.78 is 32.9. The van der Waals surface area contributed by atoms with Gasteiger partial charge in [0.1, 0.15) is 5.60 Å². The predicted molar refractivity (Wildman–Crippen MR) is 105 cm³/mol. The molecule has 1 aromatic rings. The molecule has 2 rings (SSSR count). The average Bonchev–Trinajstić information content (AvgIpc) is 2.59. The first kappa shape index (κ1) is 21.2. The van der Waals surface area contributed by atoms with Gasteiger partial charge in [-0.3, -0.25) is 0 Å². The molecule has 0 aromatic heterocycles. The number of carbonyl (C=O) groups excluding carboxylic acids is 1. The van der Waals surface area contributed by atoms with Crippen molar-refractivity contribution in [1.82, 2.24) is 9.21 Å². The lowest BCUT2D eigenvalue weighted by atomic mass is 10.1. The minimum absolute atomic E-state index is 0.201. The van der Waals surface area contributed by atoms with Crippen molar-refractivity contribution in [1.29, 1.82) is 0 Å². The fourth-order valence-corrected chi connectivity index (χ4v) is 4.81. The second-order valence-corrected chi connectivity index (χ2v) is 10.0. The Morgan fingerprint density at radius 2 is 2.08 bits per heavy atom. The van der Waals surface area contributed by atoms with Crippen LogP contribution in [0, 0.1) is 0 Å². The third kappa shape index (κ3) is 5.20. The molecule has 26 heavy (non-hydrogen) atoms. The van der Waals surface area contributed by atoms with Gasteiger partial charge in [0, 0.05) is 31.5 Å². The number of hydrogen-bond acceptors (Lipinski definition) is 4. The lowest BCUT2D eigenvalue weighted by Gasteiger charge is -2.37. The molecule has 1 aliphatic heterocycles. The van der Waals surface area contributed by atoms with Crippen molar-refractivity contribution >= 4 is 32.0 Å². The van der Waals surface area contributed by atoms with Crippen LogP contribution in [0.1, 0.15) is 39.2 Å². The van der Waals surface area contributed by atoms with Crippen LogP contribution < -0.4 is 0 Å². The largest absolute Gasteiger partial charge is 0.444 e. The van der Waals surface area contributed by atoms with Crippen LogP contribution in [0.15, 0.2) is 29.2 Å². The number of hydrogen-bond donors (Lipinski definition) is 0. The summed E-state index contributed by atoms with van der Waals surface area (Å²) in [6.07, 6.45) is 1.03. The van der Waals surface area contributed by atoms with Gasteiger partial charge in [-0.1, -0.05) is 28.1 Å². The number of benzene rings is 1. The fraction of sp³-hybridized carbons (Fsp3) is 0.611. The molecule has 1 fully saturated rings. The van der Waals surface area contributed by atoms with E-state index in [-0.39, 0.29) is 17.5 Å². The normalized spacial score (nSPS) is 19.2. The molecule has 0 N–H and O–H groups in total. The van der Waals surface area contributed by atoms with Gasteiger partial charge in [0.15, 0.2) is 0 Å². The van der Waals surface area contributed by atoms with E-state index in [0.29, 0.717) is 18.3 Å². The highest BCUT2D eigenvalue weighted by Crippen LogP contribution is 2.24. The van der Waals surface area contributed by atoms with Gasteiger partial charge >= 0.3 is 6.09 Å². The van der Waals surface area contributed by atoms with Crippen molar-refractivity contribution in [2.75, 3.05) is 20.1 Å². The van der Waals surface area contributed by atoms with Gasteiger partial charge in [-0.25, -0.2) is 13.2 Å². The lowest BCUT2D eigenvalue weighted by Crippen LogP contribution is -2.51. The highest BCUT2D eigenvalue weighted by Gasteiger charge is 2.34. The van der Waals surface area contributed by atoms with E-state index in [1.807, 2.05) is 26.8 Å². The van der Waals surface area contributed by atoms with Crippen LogP contribution in [0.3, 0.4) is 0 Å². The predicted octanol–water partition coefficient (Wildman–Crippen LogP) is 3.60. The maximum Gasteiger partial charge on any atom is 0.410 e. The summed E-state index contributed by atoms with van der Waals surface area (Å²) >= 11 is 3.36.